The molecule has 0 heterocycles. The Morgan fingerprint density at radius 1 is 0.682 bits per heavy atom. The molecule has 0 aromatic heterocycles. The van der Waals surface area contributed by atoms with Crippen molar-refractivity contribution in [1.82, 2.24) is 0 Å². The Labute approximate surface area is 213 Å². The second-order valence-electron chi connectivity index (χ2n) is 3.79. The van der Waals surface area contributed by atoms with Gasteiger partial charge < -0.3 is 0 Å². The molecule has 0 bridgehead atoms. The molecule has 10 heteroatoms. The average Bonchev–Trinajstić information content (AvgIpc) is 2.48. The van der Waals surface area contributed by atoms with Crippen molar-refractivity contribution in [2.45, 2.75) is 53.4 Å². The molecule has 0 amide bonds. The fourth-order valence-corrected chi connectivity index (χ4v) is 20.7. The zero-order valence-corrected chi connectivity index (χ0v) is 29.4. The van der Waals surface area contributed by atoms with Gasteiger partial charge in [-0.3, -0.25) is 0 Å². The van der Waals surface area contributed by atoms with Gasteiger partial charge in [-0.15, -0.1) is 0 Å². The van der Waals surface area contributed by atoms with Gasteiger partial charge in [-0.25, -0.2) is 0 Å². The number of hydrogen-bond donors (Lipinski definition) is 0. The Morgan fingerprint density at radius 3 is 1.18 bits per heavy atom. The van der Waals surface area contributed by atoms with Gasteiger partial charge in [0.15, 0.2) is 0 Å². The molecule has 0 saturated carbocycles. The first kappa shape index (κ1) is 26.6. The van der Waals surface area contributed by atoms with Gasteiger partial charge in [0.05, 0.1) is 0 Å². The van der Waals surface area contributed by atoms with E-state index in [1.54, 1.807) is 0 Å². The third-order valence-electron chi connectivity index (χ3n) is 1.72. The Balaban J connectivity index is 4.44. The molecular weight excluding hydrogens is 1080 g/mol. The quantitative estimate of drug-likeness (QED) is 0.223. The molecule has 0 spiro atoms. The summed E-state index contributed by atoms with van der Waals surface area (Å²) in [6.07, 6.45) is 3.77. The summed E-state index contributed by atoms with van der Waals surface area (Å²) in [7, 11) is 0. The Hall–Kier alpha value is 4.57. The predicted octanol–water partition coefficient (Wildman–Crippen LogP) is 0.386. The predicted molar refractivity (Wildman–Crippen MR) is 104 cm³/mol. The van der Waals surface area contributed by atoms with Crippen molar-refractivity contribution >= 4 is 155 Å². The van der Waals surface area contributed by atoms with Gasteiger partial charge in [0, 0.05) is 0 Å². The van der Waals surface area contributed by atoms with E-state index >= 15 is 0 Å². The van der Waals surface area contributed by atoms with Gasteiger partial charge in [0.1, 0.15) is 0 Å². The van der Waals surface area contributed by atoms with Crippen molar-refractivity contribution in [3.8, 4) is 0 Å². The topological polar surface area (TPSA) is 27.7 Å². The van der Waals surface area contributed by atoms with E-state index in [2.05, 4.69) is 86.2 Å². The number of rotatable bonds is 15. The summed E-state index contributed by atoms with van der Waals surface area (Å²) in [5.74, 6) is 0. The van der Waals surface area contributed by atoms with E-state index in [0.29, 0.717) is 0 Å². The van der Waals surface area contributed by atoms with E-state index in [1.807, 2.05) is 0 Å². The molecule has 22 heavy (non-hydrogen) atoms. The van der Waals surface area contributed by atoms with Crippen molar-refractivity contribution in [1.29, 1.82) is 0 Å². The fraction of sp³-hybridized carbons (Fsp3) is 0.750. The first-order chi connectivity index (χ1) is 10.5. The van der Waals surface area contributed by atoms with Crippen LogP contribution < -0.4 is 0 Å². The zero-order valence-electron chi connectivity index (χ0n) is 12.9. The van der Waals surface area contributed by atoms with Crippen LogP contribution in [0.1, 0.15) is 40.0 Å². The van der Waals surface area contributed by atoms with Crippen LogP contribution in [0.5, 0.6) is 0 Å². The van der Waals surface area contributed by atoms with E-state index in [0.717, 1.165) is 0 Å². The minimum atomic E-state index is -2.53. The van der Waals surface area contributed by atoms with Crippen LogP contribution in [0.4, 0.5) is 0 Å². The SMILES string of the molecule is CCC[Te]C(=[Te])[O][Sb]([O]C(=[Te])[Te]CCC)[O]C(=[Te])[Te]CCC. The third kappa shape index (κ3) is 16.7. The monoisotopic (exact) mass is 1110 g/mol. The first-order valence-corrected chi connectivity index (χ1v) is 21.9. The van der Waals surface area contributed by atoms with Gasteiger partial charge in [0.25, 0.3) is 0 Å². The molecule has 0 aliphatic carbocycles. The maximum atomic E-state index is 6.17. The van der Waals surface area contributed by atoms with Crippen LogP contribution in [0.3, 0.4) is 0 Å². The summed E-state index contributed by atoms with van der Waals surface area (Å²) in [5, 5.41) is 0. The van der Waals surface area contributed by atoms with Crippen molar-refractivity contribution in [2.75, 3.05) is 0 Å². The number of hydrogen-bond acceptors (Lipinski definition) is 3. The van der Waals surface area contributed by atoms with Crippen LogP contribution >= 0.6 is 0 Å². The van der Waals surface area contributed by atoms with Crippen LogP contribution in [-0.2, 0) is 9.05 Å². The summed E-state index contributed by atoms with van der Waals surface area (Å²) in [4.78, 5) is 0. The van der Waals surface area contributed by atoms with Crippen LogP contribution in [-0.4, -0.2) is 155 Å². The standard InChI is InChI=1S/3C4H8OTe2.Sb/c3*1-2-3-7-4(5)6;/h3*2-3H2,1H3,(H,5,6);/q;;;+3/p-3. The molecule has 0 aromatic carbocycles. The summed E-state index contributed by atoms with van der Waals surface area (Å²) >= 11 is 3.24. The van der Waals surface area contributed by atoms with Crippen molar-refractivity contribution in [3.63, 3.8) is 0 Å². The zero-order chi connectivity index (χ0) is 16.8. The summed E-state index contributed by atoms with van der Waals surface area (Å²) in [6.45, 7) is 6.73. The van der Waals surface area contributed by atoms with Crippen LogP contribution in [0, 0.1) is 0 Å². The molecule has 0 fully saturated rings. The van der Waals surface area contributed by atoms with Crippen LogP contribution in [0.25, 0.3) is 0 Å². The molecule has 3 nitrogen and oxygen atoms in total. The second kappa shape index (κ2) is 18.9. The average molecular weight is 1100 g/mol. The first-order valence-electron chi connectivity index (χ1n) is 6.87. The molecule has 0 unspecified atom stereocenters. The summed E-state index contributed by atoms with van der Waals surface area (Å²) in [6, 6.07) is 0. The fourth-order valence-electron chi connectivity index (χ4n) is 0.874. The molecule has 0 saturated heterocycles. The van der Waals surface area contributed by atoms with E-state index in [1.165, 1.54) is 38.0 Å². The normalized spacial score (nSPS) is 10.4. The van der Waals surface area contributed by atoms with Gasteiger partial charge >= 0.3 is 218 Å². The molecule has 0 aliphatic heterocycles. The van der Waals surface area contributed by atoms with Crippen LogP contribution in [0.15, 0.2) is 0 Å². The molecule has 0 atom stereocenters. The Bertz CT molecular complexity index is 303. The van der Waals surface area contributed by atoms with E-state index in [9.17, 15) is 0 Å². The minimum absolute atomic E-state index is 0.138. The van der Waals surface area contributed by atoms with Crippen molar-refractivity contribution in [3.05, 3.63) is 0 Å². The molecule has 0 aliphatic rings. The van der Waals surface area contributed by atoms with Gasteiger partial charge in [-0.2, -0.15) is 0 Å². The molecule has 0 aromatic rings. The Kier molecular flexibility index (Phi) is 22.8. The van der Waals surface area contributed by atoms with Gasteiger partial charge in [-0.05, 0) is 0 Å². The van der Waals surface area contributed by atoms with E-state index in [-0.39, 0.29) is 62.8 Å². The van der Waals surface area contributed by atoms with E-state index < -0.39 is 21.5 Å². The molecular formula is C12H21O3SbTe6. The molecule has 128 valence electrons. The van der Waals surface area contributed by atoms with Gasteiger partial charge in [-0.1, -0.05) is 0 Å². The van der Waals surface area contributed by atoms with E-state index in [4.69, 9.17) is 9.05 Å². The molecule has 0 radical (unpaired) electrons. The molecule has 0 N–H and O–H groups in total. The summed E-state index contributed by atoms with van der Waals surface area (Å²) in [5.41, 5.74) is 0. The van der Waals surface area contributed by atoms with Crippen molar-refractivity contribution < 1.29 is 9.05 Å². The Morgan fingerprint density at radius 2 is 0.955 bits per heavy atom. The second-order valence-corrected chi connectivity index (χ2v) is 26.5. The van der Waals surface area contributed by atoms with Gasteiger partial charge in [0.2, 0.25) is 0 Å². The summed E-state index contributed by atoms with van der Waals surface area (Å²) < 4.78 is 26.2. The third-order valence-corrected chi connectivity index (χ3v) is 26.9. The van der Waals surface area contributed by atoms with Crippen molar-refractivity contribution in [2.24, 2.45) is 0 Å². The maximum absolute atomic E-state index is 6.17. The van der Waals surface area contributed by atoms with Crippen LogP contribution in [0.2, 0.25) is 13.4 Å². The molecule has 0 rings (SSSR count).